The number of nitrogens with zero attached hydrogens (tertiary/aromatic N) is 2. The molecule has 21 heavy (non-hydrogen) atoms. The second kappa shape index (κ2) is 6.99. The molecule has 0 aromatic carbocycles. The molecule has 0 bridgehead atoms. The molecular formula is C16H23N3S2. The van der Waals surface area contributed by atoms with Crippen molar-refractivity contribution in [2.24, 2.45) is 7.05 Å². The number of imidazole rings is 1. The molecule has 2 heterocycles. The van der Waals surface area contributed by atoms with Crippen LogP contribution in [0.15, 0.2) is 29.9 Å². The lowest BCUT2D eigenvalue weighted by Gasteiger charge is -2.26. The van der Waals surface area contributed by atoms with E-state index in [0.29, 0.717) is 6.04 Å². The minimum absolute atomic E-state index is 0.216. The summed E-state index contributed by atoms with van der Waals surface area (Å²) in [6.07, 6.45) is 7.89. The molecule has 1 aliphatic carbocycles. The van der Waals surface area contributed by atoms with E-state index in [4.69, 9.17) is 0 Å². The minimum Gasteiger partial charge on any atom is -0.336 e. The van der Waals surface area contributed by atoms with Crippen LogP contribution in [0.4, 0.5) is 0 Å². The van der Waals surface area contributed by atoms with Gasteiger partial charge in [-0.3, -0.25) is 5.32 Å². The second-order valence-corrected chi connectivity index (χ2v) is 8.04. The lowest BCUT2D eigenvalue weighted by atomic mass is 10.1. The highest BCUT2D eigenvalue weighted by Crippen LogP contribution is 2.33. The maximum atomic E-state index is 4.59. The monoisotopic (exact) mass is 321 g/mol. The van der Waals surface area contributed by atoms with Gasteiger partial charge in [0.2, 0.25) is 0 Å². The van der Waals surface area contributed by atoms with E-state index in [0.717, 1.165) is 11.1 Å². The zero-order chi connectivity index (χ0) is 14.7. The van der Waals surface area contributed by atoms with Gasteiger partial charge in [0.05, 0.1) is 0 Å². The fourth-order valence-corrected chi connectivity index (χ4v) is 5.13. The summed E-state index contributed by atoms with van der Waals surface area (Å²) in [7, 11) is 2.08. The summed E-state index contributed by atoms with van der Waals surface area (Å²) < 4.78 is 2.13. The van der Waals surface area contributed by atoms with E-state index >= 15 is 0 Å². The lowest BCUT2D eigenvalue weighted by molar-refractivity contribution is 0.468. The summed E-state index contributed by atoms with van der Waals surface area (Å²) in [5.74, 6) is 2.32. The van der Waals surface area contributed by atoms with Crippen molar-refractivity contribution < 1.29 is 0 Å². The van der Waals surface area contributed by atoms with Gasteiger partial charge in [-0.1, -0.05) is 19.4 Å². The van der Waals surface area contributed by atoms with Crippen molar-refractivity contribution >= 4 is 23.1 Å². The Morgan fingerprint density at radius 2 is 2.43 bits per heavy atom. The van der Waals surface area contributed by atoms with Crippen molar-refractivity contribution in [2.75, 3.05) is 5.75 Å². The molecule has 1 fully saturated rings. The maximum Gasteiger partial charge on any atom is 0.131 e. The van der Waals surface area contributed by atoms with Gasteiger partial charge in [0.15, 0.2) is 0 Å². The second-order valence-electron chi connectivity index (χ2n) is 5.54. The Balaban J connectivity index is 1.82. The number of hydrogen-bond acceptors (Lipinski definition) is 4. The molecule has 0 spiro atoms. The van der Waals surface area contributed by atoms with Crippen molar-refractivity contribution in [3.8, 4) is 0 Å². The largest absolute Gasteiger partial charge is 0.336 e. The lowest BCUT2D eigenvalue weighted by Crippen LogP contribution is -2.38. The van der Waals surface area contributed by atoms with E-state index in [1.807, 2.05) is 23.7 Å². The van der Waals surface area contributed by atoms with Gasteiger partial charge in [0, 0.05) is 35.6 Å². The first-order valence-electron chi connectivity index (χ1n) is 7.68. The van der Waals surface area contributed by atoms with Crippen molar-refractivity contribution in [1.29, 1.82) is 0 Å². The standard InChI is InChI=1S/C16H23N3S2/c1-3-20-13-7-4-6-12(13)18-15(14-8-5-11-21-14)16-17-9-10-19(16)2/h5,8-13,15,18H,3-4,6-7H2,1-2H3. The first-order valence-corrected chi connectivity index (χ1v) is 9.60. The number of nitrogens with one attached hydrogen (secondary N) is 1. The first-order chi connectivity index (χ1) is 10.3. The molecule has 0 radical (unpaired) electrons. The Kier molecular flexibility index (Phi) is 5.03. The molecule has 2 aromatic heterocycles. The van der Waals surface area contributed by atoms with Crippen LogP contribution >= 0.6 is 23.1 Å². The SMILES string of the molecule is CCSC1CCCC1NC(c1cccs1)c1nccn1C. The Morgan fingerprint density at radius 1 is 1.52 bits per heavy atom. The Morgan fingerprint density at radius 3 is 3.10 bits per heavy atom. The summed E-state index contributed by atoms with van der Waals surface area (Å²) in [5.41, 5.74) is 0. The fraction of sp³-hybridized carbons (Fsp3) is 0.562. The van der Waals surface area contributed by atoms with Gasteiger partial charge in [0.25, 0.3) is 0 Å². The Labute approximate surface area is 135 Å². The normalized spacial score (nSPS) is 23.5. The van der Waals surface area contributed by atoms with E-state index in [2.05, 4.69) is 58.1 Å². The van der Waals surface area contributed by atoms with Crippen LogP contribution in [-0.4, -0.2) is 26.6 Å². The van der Waals surface area contributed by atoms with Crippen molar-refractivity contribution in [2.45, 2.75) is 43.5 Å². The van der Waals surface area contributed by atoms with Crippen LogP contribution < -0.4 is 5.32 Å². The van der Waals surface area contributed by atoms with E-state index in [1.54, 1.807) is 0 Å². The molecule has 114 valence electrons. The molecule has 3 rings (SSSR count). The number of thiophene rings is 1. The molecule has 1 aliphatic rings. The fourth-order valence-electron chi connectivity index (χ4n) is 3.14. The molecule has 0 amide bonds. The molecule has 1 N–H and O–H groups in total. The van der Waals surface area contributed by atoms with Gasteiger partial charge >= 0.3 is 0 Å². The highest BCUT2D eigenvalue weighted by Gasteiger charge is 2.31. The molecule has 2 aromatic rings. The number of thioether (sulfide) groups is 1. The number of hydrogen-bond donors (Lipinski definition) is 1. The Bertz CT molecular complexity index is 550. The minimum atomic E-state index is 0.216. The zero-order valence-electron chi connectivity index (χ0n) is 12.7. The van der Waals surface area contributed by atoms with Crippen LogP contribution in [-0.2, 0) is 7.05 Å². The van der Waals surface area contributed by atoms with Crippen LogP contribution in [0.1, 0.15) is 42.9 Å². The third-order valence-corrected chi connectivity index (χ3v) is 6.42. The van der Waals surface area contributed by atoms with Gasteiger partial charge in [-0.05, 0) is 30.0 Å². The third-order valence-electron chi connectivity index (χ3n) is 4.16. The van der Waals surface area contributed by atoms with Gasteiger partial charge in [-0.15, -0.1) is 11.3 Å². The van der Waals surface area contributed by atoms with Crippen molar-refractivity contribution in [3.63, 3.8) is 0 Å². The van der Waals surface area contributed by atoms with Gasteiger partial charge in [-0.2, -0.15) is 11.8 Å². The number of rotatable bonds is 6. The van der Waals surface area contributed by atoms with Crippen LogP contribution in [0.2, 0.25) is 0 Å². The predicted octanol–water partition coefficient (Wildman–Crippen LogP) is 3.83. The molecule has 3 atom stereocenters. The van der Waals surface area contributed by atoms with Crippen LogP contribution in [0, 0.1) is 0 Å². The predicted molar refractivity (Wildman–Crippen MR) is 92.1 cm³/mol. The molecule has 3 unspecified atom stereocenters. The van der Waals surface area contributed by atoms with Crippen molar-refractivity contribution in [3.05, 3.63) is 40.6 Å². The summed E-state index contributed by atoms with van der Waals surface area (Å²) >= 11 is 3.91. The summed E-state index contributed by atoms with van der Waals surface area (Å²) in [6, 6.07) is 5.16. The maximum absolute atomic E-state index is 4.59. The number of aryl methyl sites for hydroxylation is 1. The quantitative estimate of drug-likeness (QED) is 0.877. The average Bonchev–Trinajstić information content (AvgIpc) is 3.19. The summed E-state index contributed by atoms with van der Waals surface area (Å²) in [4.78, 5) is 5.94. The zero-order valence-corrected chi connectivity index (χ0v) is 14.3. The van der Waals surface area contributed by atoms with Crippen LogP contribution in [0.3, 0.4) is 0 Å². The van der Waals surface area contributed by atoms with E-state index < -0.39 is 0 Å². The van der Waals surface area contributed by atoms with E-state index in [1.165, 1.54) is 29.9 Å². The summed E-state index contributed by atoms with van der Waals surface area (Å²) in [5, 5.41) is 6.80. The van der Waals surface area contributed by atoms with E-state index in [-0.39, 0.29) is 6.04 Å². The third kappa shape index (κ3) is 3.35. The first kappa shape index (κ1) is 15.1. The molecule has 0 aliphatic heterocycles. The van der Waals surface area contributed by atoms with Gasteiger partial charge in [-0.25, -0.2) is 4.98 Å². The van der Waals surface area contributed by atoms with Gasteiger partial charge < -0.3 is 4.57 Å². The molecule has 1 saturated carbocycles. The molecule has 0 saturated heterocycles. The van der Waals surface area contributed by atoms with Crippen molar-refractivity contribution in [1.82, 2.24) is 14.9 Å². The topological polar surface area (TPSA) is 29.9 Å². The highest BCUT2D eigenvalue weighted by molar-refractivity contribution is 7.99. The smallest absolute Gasteiger partial charge is 0.131 e. The average molecular weight is 322 g/mol. The Hall–Kier alpha value is -0.780. The molecule has 3 nitrogen and oxygen atoms in total. The van der Waals surface area contributed by atoms with Gasteiger partial charge in [0.1, 0.15) is 11.9 Å². The van der Waals surface area contributed by atoms with E-state index in [9.17, 15) is 0 Å². The highest BCUT2D eigenvalue weighted by atomic mass is 32.2. The van der Waals surface area contributed by atoms with Crippen LogP contribution in [0.5, 0.6) is 0 Å². The summed E-state index contributed by atoms with van der Waals surface area (Å²) in [6.45, 7) is 2.26. The molecule has 5 heteroatoms. The molecular weight excluding hydrogens is 298 g/mol. The van der Waals surface area contributed by atoms with Crippen LogP contribution in [0.25, 0.3) is 0 Å². The number of aromatic nitrogens is 2.